The highest BCUT2D eigenvalue weighted by molar-refractivity contribution is 5.18. The largest absolute Gasteiger partial charge is 0.323 e. The lowest BCUT2D eigenvalue weighted by molar-refractivity contribution is 0.0477. The van der Waals surface area contributed by atoms with E-state index in [1.807, 2.05) is 6.07 Å². The summed E-state index contributed by atoms with van der Waals surface area (Å²) in [4.78, 5) is 2.30. The fraction of sp³-hybridized carbons (Fsp3) is 0.538. The van der Waals surface area contributed by atoms with E-state index in [1.165, 1.54) is 18.9 Å². The minimum Gasteiger partial charge on any atom is -0.323 e. The Morgan fingerprint density at radius 1 is 1.38 bits per heavy atom. The average Bonchev–Trinajstić information content (AvgIpc) is 2.98. The number of halogens is 1. The molecule has 3 heteroatoms. The third-order valence-corrected chi connectivity index (χ3v) is 3.72. The predicted molar refractivity (Wildman–Crippen MR) is 61.3 cm³/mol. The number of hydrogen-bond donors (Lipinski definition) is 1. The van der Waals surface area contributed by atoms with Crippen LogP contribution in [0.5, 0.6) is 0 Å². The summed E-state index contributed by atoms with van der Waals surface area (Å²) in [7, 11) is 0. The molecule has 2 aliphatic rings. The molecule has 0 radical (unpaired) electrons. The van der Waals surface area contributed by atoms with Crippen LogP contribution in [0.3, 0.4) is 0 Å². The molecule has 2 nitrogen and oxygen atoms in total. The Morgan fingerprint density at radius 2 is 2.12 bits per heavy atom. The van der Waals surface area contributed by atoms with Crippen molar-refractivity contribution in [3.05, 3.63) is 35.6 Å². The SMILES string of the molecule is NC1(C2CC2)CN(Cc2cccc(F)c2)C1. The van der Waals surface area contributed by atoms with Crippen molar-refractivity contribution in [2.45, 2.75) is 24.9 Å². The molecule has 2 fully saturated rings. The fourth-order valence-electron chi connectivity index (χ4n) is 2.71. The molecule has 1 aromatic rings. The molecular weight excluding hydrogens is 203 g/mol. The minimum absolute atomic E-state index is 0.0628. The van der Waals surface area contributed by atoms with E-state index in [9.17, 15) is 4.39 Å². The normalized spacial score (nSPS) is 24.1. The van der Waals surface area contributed by atoms with Gasteiger partial charge in [-0.1, -0.05) is 12.1 Å². The van der Waals surface area contributed by atoms with Gasteiger partial charge in [0, 0.05) is 25.2 Å². The maximum absolute atomic E-state index is 13.0. The van der Waals surface area contributed by atoms with Crippen LogP contribution in [0.15, 0.2) is 24.3 Å². The van der Waals surface area contributed by atoms with E-state index in [-0.39, 0.29) is 11.4 Å². The third-order valence-electron chi connectivity index (χ3n) is 3.72. The lowest BCUT2D eigenvalue weighted by Gasteiger charge is -2.48. The van der Waals surface area contributed by atoms with E-state index in [2.05, 4.69) is 4.90 Å². The first-order valence-electron chi connectivity index (χ1n) is 5.91. The molecule has 0 unspecified atom stereocenters. The molecular formula is C13H17FN2. The zero-order valence-corrected chi connectivity index (χ0v) is 9.32. The van der Waals surface area contributed by atoms with Gasteiger partial charge in [0.25, 0.3) is 0 Å². The van der Waals surface area contributed by atoms with Crippen LogP contribution in [0.1, 0.15) is 18.4 Å². The molecule has 16 heavy (non-hydrogen) atoms. The summed E-state index contributed by atoms with van der Waals surface area (Å²) in [5.74, 6) is 0.593. The highest BCUT2D eigenvalue weighted by Gasteiger charge is 2.49. The van der Waals surface area contributed by atoms with Crippen LogP contribution in [-0.2, 0) is 6.54 Å². The van der Waals surface area contributed by atoms with Crippen molar-refractivity contribution < 1.29 is 4.39 Å². The van der Waals surface area contributed by atoms with Gasteiger partial charge in [-0.3, -0.25) is 4.90 Å². The Balaban J connectivity index is 1.58. The molecule has 1 aliphatic carbocycles. The first kappa shape index (κ1) is 10.2. The lowest BCUT2D eigenvalue weighted by Crippen LogP contribution is -2.68. The van der Waals surface area contributed by atoms with Gasteiger partial charge < -0.3 is 5.73 Å². The van der Waals surface area contributed by atoms with Crippen molar-refractivity contribution in [1.82, 2.24) is 4.90 Å². The Kier molecular flexibility index (Phi) is 2.26. The zero-order chi connectivity index (χ0) is 11.2. The lowest BCUT2D eigenvalue weighted by atomic mass is 9.85. The number of likely N-dealkylation sites (tertiary alicyclic amines) is 1. The average molecular weight is 220 g/mol. The van der Waals surface area contributed by atoms with E-state index in [1.54, 1.807) is 12.1 Å². The second-order valence-electron chi connectivity index (χ2n) is 5.28. The molecule has 1 aliphatic heterocycles. The predicted octanol–water partition coefficient (Wildman–Crippen LogP) is 1.75. The van der Waals surface area contributed by atoms with E-state index < -0.39 is 0 Å². The molecule has 0 atom stereocenters. The summed E-state index contributed by atoms with van der Waals surface area (Å²) < 4.78 is 13.0. The summed E-state index contributed by atoms with van der Waals surface area (Å²) in [5, 5.41) is 0. The molecule has 1 aromatic carbocycles. The van der Waals surface area contributed by atoms with Crippen molar-refractivity contribution in [2.75, 3.05) is 13.1 Å². The third kappa shape index (κ3) is 1.85. The molecule has 1 heterocycles. The standard InChI is InChI=1S/C13H17FN2/c14-12-3-1-2-10(6-12)7-16-8-13(15,9-16)11-4-5-11/h1-3,6,11H,4-5,7-9,15H2. The van der Waals surface area contributed by atoms with Crippen molar-refractivity contribution >= 4 is 0 Å². The van der Waals surface area contributed by atoms with Gasteiger partial charge in [-0.25, -0.2) is 4.39 Å². The Bertz CT molecular complexity index is 395. The fourth-order valence-corrected chi connectivity index (χ4v) is 2.71. The molecule has 0 aromatic heterocycles. The van der Waals surface area contributed by atoms with Gasteiger partial charge in [0.2, 0.25) is 0 Å². The second-order valence-corrected chi connectivity index (χ2v) is 5.28. The van der Waals surface area contributed by atoms with Crippen molar-refractivity contribution in [3.8, 4) is 0 Å². The van der Waals surface area contributed by atoms with Crippen LogP contribution in [0.2, 0.25) is 0 Å². The van der Waals surface area contributed by atoms with Gasteiger partial charge in [-0.15, -0.1) is 0 Å². The van der Waals surface area contributed by atoms with Crippen LogP contribution in [0.4, 0.5) is 4.39 Å². The molecule has 0 spiro atoms. The van der Waals surface area contributed by atoms with E-state index in [4.69, 9.17) is 5.73 Å². The summed E-state index contributed by atoms with van der Waals surface area (Å²) in [6.45, 7) is 2.76. The van der Waals surface area contributed by atoms with Crippen LogP contribution >= 0.6 is 0 Å². The van der Waals surface area contributed by atoms with Crippen molar-refractivity contribution in [1.29, 1.82) is 0 Å². The summed E-state index contributed by atoms with van der Waals surface area (Å²) in [6.07, 6.45) is 2.59. The minimum atomic E-state index is -0.153. The Hall–Kier alpha value is -0.930. The number of nitrogens with two attached hydrogens (primary N) is 1. The first-order chi connectivity index (χ1) is 7.66. The van der Waals surface area contributed by atoms with Gasteiger partial charge >= 0.3 is 0 Å². The highest BCUT2D eigenvalue weighted by Crippen LogP contribution is 2.43. The molecule has 0 amide bonds. The van der Waals surface area contributed by atoms with Gasteiger partial charge in [0.1, 0.15) is 5.82 Å². The quantitative estimate of drug-likeness (QED) is 0.841. The molecule has 3 rings (SSSR count). The van der Waals surface area contributed by atoms with Gasteiger partial charge in [-0.05, 0) is 36.5 Å². The number of nitrogens with zero attached hydrogens (tertiary/aromatic N) is 1. The zero-order valence-electron chi connectivity index (χ0n) is 9.32. The van der Waals surface area contributed by atoms with E-state index >= 15 is 0 Å². The van der Waals surface area contributed by atoms with E-state index in [0.717, 1.165) is 31.1 Å². The summed E-state index contributed by atoms with van der Waals surface area (Å²) in [6, 6.07) is 6.82. The van der Waals surface area contributed by atoms with E-state index in [0.29, 0.717) is 0 Å². The van der Waals surface area contributed by atoms with Crippen molar-refractivity contribution in [3.63, 3.8) is 0 Å². The summed E-state index contributed by atoms with van der Waals surface area (Å²) >= 11 is 0. The maximum Gasteiger partial charge on any atom is 0.123 e. The molecule has 0 bridgehead atoms. The van der Waals surface area contributed by atoms with Crippen LogP contribution in [0.25, 0.3) is 0 Å². The monoisotopic (exact) mass is 220 g/mol. The Morgan fingerprint density at radius 3 is 2.75 bits per heavy atom. The number of rotatable bonds is 3. The number of benzene rings is 1. The van der Waals surface area contributed by atoms with Gasteiger partial charge in [0.05, 0.1) is 0 Å². The smallest absolute Gasteiger partial charge is 0.123 e. The first-order valence-corrected chi connectivity index (χ1v) is 5.91. The molecule has 2 N–H and O–H groups in total. The molecule has 86 valence electrons. The van der Waals surface area contributed by atoms with Gasteiger partial charge in [-0.2, -0.15) is 0 Å². The second kappa shape index (κ2) is 3.54. The van der Waals surface area contributed by atoms with Gasteiger partial charge in [0.15, 0.2) is 0 Å². The van der Waals surface area contributed by atoms with Crippen LogP contribution in [0, 0.1) is 11.7 Å². The highest BCUT2D eigenvalue weighted by atomic mass is 19.1. The number of hydrogen-bond acceptors (Lipinski definition) is 2. The topological polar surface area (TPSA) is 29.3 Å². The van der Waals surface area contributed by atoms with Crippen LogP contribution in [-0.4, -0.2) is 23.5 Å². The Labute approximate surface area is 95.2 Å². The maximum atomic E-state index is 13.0. The molecule has 1 saturated carbocycles. The van der Waals surface area contributed by atoms with Crippen LogP contribution < -0.4 is 5.73 Å². The van der Waals surface area contributed by atoms with Crippen molar-refractivity contribution in [2.24, 2.45) is 11.7 Å². The summed E-state index contributed by atoms with van der Waals surface area (Å²) in [5.41, 5.74) is 7.37. The molecule has 1 saturated heterocycles.